The van der Waals surface area contributed by atoms with E-state index in [0.717, 1.165) is 5.56 Å². The van der Waals surface area contributed by atoms with Gasteiger partial charge in [-0.05, 0) is 12.5 Å². The molecule has 5 heteroatoms. The van der Waals surface area contributed by atoms with Gasteiger partial charge in [-0.2, -0.15) is 0 Å². The van der Waals surface area contributed by atoms with Crippen LogP contribution in [-0.4, -0.2) is 22.7 Å². The van der Waals surface area contributed by atoms with Gasteiger partial charge in [-0.15, -0.1) is 0 Å². The molecule has 15 heavy (non-hydrogen) atoms. The van der Waals surface area contributed by atoms with Crippen molar-refractivity contribution in [3.05, 3.63) is 39.9 Å². The van der Waals surface area contributed by atoms with E-state index in [9.17, 15) is 10.1 Å². The molecule has 82 valence electrons. The SMILES string of the molecule is C[C@H](CO)NCc1ccc([N+](=O)[O-])cc1. The lowest BCUT2D eigenvalue weighted by molar-refractivity contribution is -0.384. The zero-order valence-corrected chi connectivity index (χ0v) is 8.51. The van der Waals surface area contributed by atoms with Gasteiger partial charge >= 0.3 is 0 Å². The van der Waals surface area contributed by atoms with Gasteiger partial charge in [-0.1, -0.05) is 12.1 Å². The Morgan fingerprint density at radius 1 is 1.47 bits per heavy atom. The molecule has 0 radical (unpaired) electrons. The lowest BCUT2D eigenvalue weighted by Crippen LogP contribution is -2.28. The molecule has 0 saturated heterocycles. The van der Waals surface area contributed by atoms with Crippen LogP contribution in [-0.2, 0) is 6.54 Å². The van der Waals surface area contributed by atoms with Crippen molar-refractivity contribution < 1.29 is 10.0 Å². The average molecular weight is 210 g/mol. The molecule has 0 aliphatic carbocycles. The monoisotopic (exact) mass is 210 g/mol. The van der Waals surface area contributed by atoms with E-state index >= 15 is 0 Å². The van der Waals surface area contributed by atoms with Crippen molar-refractivity contribution >= 4 is 5.69 Å². The van der Waals surface area contributed by atoms with E-state index in [1.165, 1.54) is 12.1 Å². The Morgan fingerprint density at radius 2 is 2.07 bits per heavy atom. The van der Waals surface area contributed by atoms with Crippen LogP contribution in [0.15, 0.2) is 24.3 Å². The second-order valence-corrected chi connectivity index (χ2v) is 3.39. The van der Waals surface area contributed by atoms with Crippen molar-refractivity contribution in [2.24, 2.45) is 0 Å². The molecule has 5 nitrogen and oxygen atoms in total. The fourth-order valence-electron chi connectivity index (χ4n) is 1.09. The van der Waals surface area contributed by atoms with Gasteiger partial charge in [0.05, 0.1) is 11.5 Å². The summed E-state index contributed by atoms with van der Waals surface area (Å²) < 4.78 is 0. The van der Waals surface area contributed by atoms with Crippen LogP contribution < -0.4 is 5.32 Å². The number of rotatable bonds is 5. The molecule has 0 aliphatic rings. The summed E-state index contributed by atoms with van der Waals surface area (Å²) in [6.45, 7) is 2.54. The van der Waals surface area contributed by atoms with Crippen molar-refractivity contribution in [3.63, 3.8) is 0 Å². The number of nitro groups is 1. The summed E-state index contributed by atoms with van der Waals surface area (Å²) >= 11 is 0. The van der Waals surface area contributed by atoms with E-state index in [-0.39, 0.29) is 18.3 Å². The highest BCUT2D eigenvalue weighted by atomic mass is 16.6. The first-order valence-corrected chi connectivity index (χ1v) is 4.71. The maximum Gasteiger partial charge on any atom is 0.269 e. The predicted molar refractivity (Wildman–Crippen MR) is 56.5 cm³/mol. The summed E-state index contributed by atoms with van der Waals surface area (Å²) in [5, 5.41) is 22.2. The Morgan fingerprint density at radius 3 is 2.53 bits per heavy atom. The van der Waals surface area contributed by atoms with Gasteiger partial charge in [-0.25, -0.2) is 0 Å². The number of nitrogens with one attached hydrogen (secondary N) is 1. The highest BCUT2D eigenvalue weighted by Gasteiger charge is 2.04. The Bertz CT molecular complexity index is 324. The maximum atomic E-state index is 10.4. The van der Waals surface area contributed by atoms with Crippen molar-refractivity contribution in [1.82, 2.24) is 5.32 Å². The number of nitro benzene ring substituents is 1. The average Bonchev–Trinajstić information content (AvgIpc) is 2.26. The molecule has 1 rings (SSSR count). The molecule has 0 saturated carbocycles. The van der Waals surface area contributed by atoms with Gasteiger partial charge in [0.15, 0.2) is 0 Å². The lowest BCUT2D eigenvalue weighted by atomic mass is 10.2. The van der Waals surface area contributed by atoms with Crippen LogP contribution in [0.3, 0.4) is 0 Å². The van der Waals surface area contributed by atoms with E-state index in [1.54, 1.807) is 12.1 Å². The number of benzene rings is 1. The van der Waals surface area contributed by atoms with Gasteiger partial charge < -0.3 is 10.4 Å². The number of hydrogen-bond donors (Lipinski definition) is 2. The van der Waals surface area contributed by atoms with Crippen molar-refractivity contribution in [1.29, 1.82) is 0 Å². The molecule has 0 aliphatic heterocycles. The molecule has 0 unspecified atom stereocenters. The Balaban J connectivity index is 2.53. The largest absolute Gasteiger partial charge is 0.395 e. The molecule has 1 atom stereocenters. The minimum Gasteiger partial charge on any atom is -0.395 e. The topological polar surface area (TPSA) is 75.4 Å². The second-order valence-electron chi connectivity index (χ2n) is 3.39. The summed E-state index contributed by atoms with van der Waals surface area (Å²) in [7, 11) is 0. The third kappa shape index (κ3) is 3.65. The Kier molecular flexibility index (Phi) is 4.20. The normalized spacial score (nSPS) is 12.4. The Hall–Kier alpha value is -1.46. The van der Waals surface area contributed by atoms with Gasteiger partial charge in [0.2, 0.25) is 0 Å². The minimum absolute atomic E-state index is 0.0280. The van der Waals surface area contributed by atoms with E-state index in [1.807, 2.05) is 6.92 Å². The fraction of sp³-hybridized carbons (Fsp3) is 0.400. The standard InChI is InChI=1S/C10H14N2O3/c1-8(7-13)11-6-9-2-4-10(5-3-9)12(14)15/h2-5,8,11,13H,6-7H2,1H3/t8-/m1/s1. The van der Waals surface area contributed by atoms with Crippen LogP contribution in [0.2, 0.25) is 0 Å². The molecular weight excluding hydrogens is 196 g/mol. The number of aliphatic hydroxyl groups excluding tert-OH is 1. The number of aliphatic hydroxyl groups is 1. The molecule has 0 amide bonds. The minimum atomic E-state index is -0.423. The summed E-state index contributed by atoms with van der Waals surface area (Å²) in [6, 6.07) is 6.38. The second kappa shape index (κ2) is 5.43. The van der Waals surface area contributed by atoms with Gasteiger partial charge in [0.1, 0.15) is 0 Å². The van der Waals surface area contributed by atoms with Crippen LogP contribution >= 0.6 is 0 Å². The van der Waals surface area contributed by atoms with Gasteiger partial charge in [0, 0.05) is 24.7 Å². The number of non-ortho nitro benzene ring substituents is 1. The fourth-order valence-corrected chi connectivity index (χ4v) is 1.09. The van der Waals surface area contributed by atoms with Gasteiger partial charge in [0.25, 0.3) is 5.69 Å². The summed E-state index contributed by atoms with van der Waals surface area (Å²) in [5.41, 5.74) is 1.05. The first kappa shape index (κ1) is 11.6. The Labute approximate surface area is 87.9 Å². The van der Waals surface area contributed by atoms with E-state index in [2.05, 4.69) is 5.32 Å². The zero-order chi connectivity index (χ0) is 11.3. The molecule has 1 aromatic carbocycles. The highest BCUT2D eigenvalue weighted by molar-refractivity contribution is 5.32. The summed E-state index contributed by atoms with van der Waals surface area (Å²) in [6.07, 6.45) is 0. The van der Waals surface area contributed by atoms with Crippen LogP contribution in [0.1, 0.15) is 12.5 Å². The molecule has 0 bridgehead atoms. The van der Waals surface area contributed by atoms with Crippen LogP contribution in [0.5, 0.6) is 0 Å². The highest BCUT2D eigenvalue weighted by Crippen LogP contribution is 2.11. The van der Waals surface area contributed by atoms with E-state index < -0.39 is 4.92 Å². The molecule has 2 N–H and O–H groups in total. The third-order valence-electron chi connectivity index (χ3n) is 2.08. The van der Waals surface area contributed by atoms with Crippen molar-refractivity contribution in [2.75, 3.05) is 6.61 Å². The van der Waals surface area contributed by atoms with Crippen LogP contribution in [0, 0.1) is 10.1 Å². The summed E-state index contributed by atoms with van der Waals surface area (Å²) in [4.78, 5) is 9.96. The molecule has 0 fully saturated rings. The molecule has 0 spiro atoms. The lowest BCUT2D eigenvalue weighted by Gasteiger charge is -2.09. The van der Waals surface area contributed by atoms with Crippen LogP contribution in [0.4, 0.5) is 5.69 Å². The third-order valence-corrected chi connectivity index (χ3v) is 2.08. The molecule has 1 aromatic rings. The van der Waals surface area contributed by atoms with E-state index in [0.29, 0.717) is 6.54 Å². The number of nitrogens with zero attached hydrogens (tertiary/aromatic N) is 1. The van der Waals surface area contributed by atoms with E-state index in [4.69, 9.17) is 5.11 Å². The first-order valence-electron chi connectivity index (χ1n) is 4.71. The quantitative estimate of drug-likeness (QED) is 0.563. The summed E-state index contributed by atoms with van der Waals surface area (Å²) in [5.74, 6) is 0. The number of hydrogen-bond acceptors (Lipinski definition) is 4. The maximum absolute atomic E-state index is 10.4. The zero-order valence-electron chi connectivity index (χ0n) is 8.51. The van der Waals surface area contributed by atoms with Crippen LogP contribution in [0.25, 0.3) is 0 Å². The predicted octanol–water partition coefficient (Wildman–Crippen LogP) is 1.07. The first-order chi connectivity index (χ1) is 7.13. The molecule has 0 aromatic heterocycles. The van der Waals surface area contributed by atoms with Gasteiger partial charge in [-0.3, -0.25) is 10.1 Å². The smallest absolute Gasteiger partial charge is 0.269 e. The molecular formula is C10H14N2O3. The van der Waals surface area contributed by atoms with Crippen molar-refractivity contribution in [3.8, 4) is 0 Å². The molecule has 0 heterocycles. The van der Waals surface area contributed by atoms with Crippen molar-refractivity contribution in [2.45, 2.75) is 19.5 Å².